The van der Waals surface area contributed by atoms with Gasteiger partial charge in [0.25, 0.3) is 0 Å². The molecule has 4 heteroatoms. The van der Waals surface area contributed by atoms with Crippen molar-refractivity contribution in [1.29, 1.82) is 0 Å². The number of ether oxygens (including phenoxy) is 1. The van der Waals surface area contributed by atoms with Crippen LogP contribution in [0.5, 0.6) is 0 Å². The fourth-order valence-electron chi connectivity index (χ4n) is 2.55. The maximum absolute atomic E-state index is 13.1. The van der Waals surface area contributed by atoms with E-state index in [0.717, 1.165) is 24.9 Å². The summed E-state index contributed by atoms with van der Waals surface area (Å²) in [4.78, 5) is 13.9. The molecule has 1 aromatic carbocycles. The van der Waals surface area contributed by atoms with Crippen molar-refractivity contribution >= 4 is 5.97 Å². The smallest absolute Gasteiger partial charge is 0.310 e. The van der Waals surface area contributed by atoms with Gasteiger partial charge in [-0.2, -0.15) is 0 Å². The van der Waals surface area contributed by atoms with Crippen molar-refractivity contribution in [3.05, 3.63) is 35.6 Å². The van der Waals surface area contributed by atoms with Crippen LogP contribution in [0.2, 0.25) is 0 Å². The molecule has 0 radical (unpaired) electrons. The molecule has 0 bridgehead atoms. The van der Waals surface area contributed by atoms with E-state index in [4.69, 9.17) is 4.74 Å². The van der Waals surface area contributed by atoms with Gasteiger partial charge in [-0.25, -0.2) is 4.39 Å². The largest absolute Gasteiger partial charge is 0.466 e. The Bertz CT molecular complexity index is 436. The number of benzene rings is 1. The van der Waals surface area contributed by atoms with E-state index in [-0.39, 0.29) is 17.7 Å². The lowest BCUT2D eigenvalue weighted by Crippen LogP contribution is -2.38. The molecule has 0 N–H and O–H groups in total. The van der Waals surface area contributed by atoms with E-state index in [0.29, 0.717) is 19.7 Å². The van der Waals surface area contributed by atoms with E-state index < -0.39 is 0 Å². The molecule has 0 amide bonds. The van der Waals surface area contributed by atoms with Gasteiger partial charge in [-0.05, 0) is 44.0 Å². The van der Waals surface area contributed by atoms with Crippen LogP contribution >= 0.6 is 0 Å². The Labute approximate surface area is 113 Å². The Morgan fingerprint density at radius 2 is 2.37 bits per heavy atom. The molecule has 0 aliphatic carbocycles. The molecule has 1 aliphatic rings. The zero-order valence-electron chi connectivity index (χ0n) is 11.3. The zero-order chi connectivity index (χ0) is 13.7. The molecule has 2 rings (SSSR count). The van der Waals surface area contributed by atoms with Crippen molar-refractivity contribution in [1.82, 2.24) is 4.90 Å². The van der Waals surface area contributed by atoms with Crippen LogP contribution in [0.3, 0.4) is 0 Å². The summed E-state index contributed by atoms with van der Waals surface area (Å²) in [7, 11) is 0. The Morgan fingerprint density at radius 1 is 1.53 bits per heavy atom. The number of likely N-dealkylation sites (tertiary alicyclic amines) is 1. The monoisotopic (exact) mass is 265 g/mol. The minimum absolute atomic E-state index is 0.0396. The Morgan fingerprint density at radius 3 is 3.11 bits per heavy atom. The molecule has 19 heavy (non-hydrogen) atoms. The number of hydrogen-bond acceptors (Lipinski definition) is 3. The van der Waals surface area contributed by atoms with Crippen LogP contribution in [0, 0.1) is 11.7 Å². The number of esters is 1. The second kappa shape index (κ2) is 6.66. The minimum Gasteiger partial charge on any atom is -0.466 e. The van der Waals surface area contributed by atoms with E-state index in [1.165, 1.54) is 6.07 Å². The molecule has 0 saturated carbocycles. The topological polar surface area (TPSA) is 29.5 Å². The lowest BCUT2D eigenvalue weighted by Gasteiger charge is -2.31. The molecule has 0 spiro atoms. The van der Waals surface area contributed by atoms with Crippen LogP contribution in [0.15, 0.2) is 24.3 Å². The zero-order valence-corrected chi connectivity index (χ0v) is 11.3. The van der Waals surface area contributed by atoms with Gasteiger partial charge in [0, 0.05) is 13.1 Å². The number of piperidine rings is 1. The third-order valence-electron chi connectivity index (χ3n) is 3.42. The molecular formula is C15H20FNO2. The summed E-state index contributed by atoms with van der Waals surface area (Å²) in [6.07, 6.45) is 1.87. The Balaban J connectivity index is 1.92. The molecule has 1 atom stereocenters. The maximum atomic E-state index is 13.1. The molecule has 0 aromatic heterocycles. The van der Waals surface area contributed by atoms with E-state index in [2.05, 4.69) is 4.90 Å². The number of rotatable bonds is 4. The highest BCUT2D eigenvalue weighted by Gasteiger charge is 2.26. The van der Waals surface area contributed by atoms with Crippen molar-refractivity contribution in [3.63, 3.8) is 0 Å². The average Bonchev–Trinajstić information content (AvgIpc) is 2.39. The SMILES string of the molecule is CCOC(=O)C1CCCN(Cc2cccc(F)c2)C1. The van der Waals surface area contributed by atoms with Crippen molar-refractivity contribution in [3.8, 4) is 0 Å². The highest BCUT2D eigenvalue weighted by atomic mass is 19.1. The van der Waals surface area contributed by atoms with Crippen LogP contribution in [0.1, 0.15) is 25.3 Å². The molecule has 1 unspecified atom stereocenters. The van der Waals surface area contributed by atoms with Gasteiger partial charge >= 0.3 is 5.97 Å². The molecule has 1 saturated heterocycles. The summed E-state index contributed by atoms with van der Waals surface area (Å²) in [5, 5.41) is 0. The Kier molecular flexibility index (Phi) is 4.91. The number of halogens is 1. The maximum Gasteiger partial charge on any atom is 0.310 e. The number of nitrogens with zero attached hydrogens (tertiary/aromatic N) is 1. The van der Waals surface area contributed by atoms with Gasteiger partial charge < -0.3 is 4.74 Å². The minimum atomic E-state index is -0.212. The summed E-state index contributed by atoms with van der Waals surface area (Å²) < 4.78 is 18.2. The van der Waals surface area contributed by atoms with Crippen LogP contribution in [-0.4, -0.2) is 30.6 Å². The summed E-state index contributed by atoms with van der Waals surface area (Å²) in [5.41, 5.74) is 0.949. The summed E-state index contributed by atoms with van der Waals surface area (Å²) >= 11 is 0. The quantitative estimate of drug-likeness (QED) is 0.784. The molecule has 1 aliphatic heterocycles. The third-order valence-corrected chi connectivity index (χ3v) is 3.42. The van der Waals surface area contributed by atoms with Gasteiger partial charge in [-0.3, -0.25) is 9.69 Å². The lowest BCUT2D eigenvalue weighted by atomic mass is 9.98. The predicted molar refractivity (Wildman–Crippen MR) is 71.0 cm³/mol. The van der Waals surface area contributed by atoms with Crippen LogP contribution in [-0.2, 0) is 16.1 Å². The van der Waals surface area contributed by atoms with Gasteiger partial charge in [-0.15, -0.1) is 0 Å². The second-order valence-corrected chi connectivity index (χ2v) is 4.96. The van der Waals surface area contributed by atoms with Crippen molar-refractivity contribution in [2.45, 2.75) is 26.3 Å². The Hall–Kier alpha value is -1.42. The standard InChI is InChI=1S/C15H20FNO2/c1-2-19-15(18)13-6-4-8-17(11-13)10-12-5-3-7-14(16)9-12/h3,5,7,9,13H,2,4,6,8,10-11H2,1H3. The highest BCUT2D eigenvalue weighted by molar-refractivity contribution is 5.72. The van der Waals surface area contributed by atoms with E-state index in [9.17, 15) is 9.18 Å². The van der Waals surface area contributed by atoms with Crippen molar-refractivity contribution in [2.75, 3.05) is 19.7 Å². The van der Waals surface area contributed by atoms with Crippen LogP contribution < -0.4 is 0 Å². The first-order valence-corrected chi connectivity index (χ1v) is 6.82. The van der Waals surface area contributed by atoms with Gasteiger partial charge in [-0.1, -0.05) is 12.1 Å². The van der Waals surface area contributed by atoms with Crippen molar-refractivity contribution in [2.24, 2.45) is 5.92 Å². The third kappa shape index (κ3) is 4.03. The molecule has 104 valence electrons. The number of carbonyl (C=O) groups excluding carboxylic acids is 1. The van der Waals surface area contributed by atoms with Gasteiger partial charge in [0.1, 0.15) is 5.82 Å². The molecule has 1 fully saturated rings. The van der Waals surface area contributed by atoms with E-state index in [1.807, 2.05) is 13.0 Å². The van der Waals surface area contributed by atoms with Gasteiger partial charge in [0.2, 0.25) is 0 Å². The van der Waals surface area contributed by atoms with Crippen molar-refractivity contribution < 1.29 is 13.9 Å². The number of hydrogen-bond donors (Lipinski definition) is 0. The fraction of sp³-hybridized carbons (Fsp3) is 0.533. The van der Waals surface area contributed by atoms with Gasteiger partial charge in [0.05, 0.1) is 12.5 Å². The normalized spacial score (nSPS) is 20.2. The fourth-order valence-corrected chi connectivity index (χ4v) is 2.55. The summed E-state index contributed by atoms with van der Waals surface area (Å²) in [6, 6.07) is 6.63. The number of carbonyl (C=O) groups is 1. The molecular weight excluding hydrogens is 245 g/mol. The first-order chi connectivity index (χ1) is 9.19. The van der Waals surface area contributed by atoms with Crippen LogP contribution in [0.25, 0.3) is 0 Å². The first-order valence-electron chi connectivity index (χ1n) is 6.82. The predicted octanol–water partition coefficient (Wildman–Crippen LogP) is 2.60. The summed E-state index contributed by atoms with van der Waals surface area (Å²) in [6.45, 7) is 4.60. The lowest BCUT2D eigenvalue weighted by molar-refractivity contribution is -0.150. The molecule has 1 aromatic rings. The van der Waals surface area contributed by atoms with E-state index in [1.54, 1.807) is 12.1 Å². The first kappa shape index (κ1) is 14.0. The van der Waals surface area contributed by atoms with E-state index >= 15 is 0 Å². The second-order valence-electron chi connectivity index (χ2n) is 4.96. The summed E-state index contributed by atoms with van der Waals surface area (Å²) in [5.74, 6) is -0.356. The molecule has 1 heterocycles. The average molecular weight is 265 g/mol. The molecule has 3 nitrogen and oxygen atoms in total. The highest BCUT2D eigenvalue weighted by Crippen LogP contribution is 2.20. The van der Waals surface area contributed by atoms with Crippen LogP contribution in [0.4, 0.5) is 4.39 Å². The van der Waals surface area contributed by atoms with Gasteiger partial charge in [0.15, 0.2) is 0 Å².